The van der Waals surface area contributed by atoms with Crippen LogP contribution in [0.15, 0.2) is 0 Å². The third-order valence-corrected chi connectivity index (χ3v) is 2.68. The Hall–Kier alpha value is -1.10. The van der Waals surface area contributed by atoms with Crippen LogP contribution in [0.3, 0.4) is 0 Å². The summed E-state index contributed by atoms with van der Waals surface area (Å²) in [6.45, 7) is 1.77. The smallest absolute Gasteiger partial charge is 0.237 e. The van der Waals surface area contributed by atoms with Crippen LogP contribution in [0.25, 0.3) is 0 Å². The van der Waals surface area contributed by atoms with Crippen molar-refractivity contribution in [2.24, 2.45) is 5.73 Å². The zero-order valence-electron chi connectivity index (χ0n) is 9.08. The summed E-state index contributed by atoms with van der Waals surface area (Å²) < 4.78 is 0. The van der Waals surface area contributed by atoms with Gasteiger partial charge in [-0.05, 0) is 19.8 Å². The van der Waals surface area contributed by atoms with Crippen molar-refractivity contribution in [1.82, 2.24) is 10.6 Å². The van der Waals surface area contributed by atoms with E-state index in [1.807, 2.05) is 0 Å². The van der Waals surface area contributed by atoms with Crippen LogP contribution in [-0.2, 0) is 9.59 Å². The zero-order valence-corrected chi connectivity index (χ0v) is 9.08. The van der Waals surface area contributed by atoms with Crippen LogP contribution >= 0.6 is 0 Å². The van der Waals surface area contributed by atoms with Crippen molar-refractivity contribution in [2.75, 3.05) is 6.54 Å². The molecule has 0 aromatic carbocycles. The Bertz CT molecular complexity index is 237. The lowest BCUT2D eigenvalue weighted by molar-refractivity contribution is -0.123. The topological polar surface area (TPSA) is 84.2 Å². The number of rotatable bonds is 5. The Morgan fingerprint density at radius 3 is 2.53 bits per heavy atom. The van der Waals surface area contributed by atoms with Crippen LogP contribution < -0.4 is 16.4 Å². The molecule has 15 heavy (non-hydrogen) atoms. The lowest BCUT2D eigenvalue weighted by Gasteiger charge is -2.16. The molecule has 5 nitrogen and oxygen atoms in total. The van der Waals surface area contributed by atoms with E-state index in [9.17, 15) is 9.59 Å². The minimum Gasteiger partial charge on any atom is -0.369 e. The Balaban J connectivity index is 2.22. The van der Waals surface area contributed by atoms with Crippen LogP contribution in [0, 0.1) is 0 Å². The summed E-state index contributed by atoms with van der Waals surface area (Å²) in [4.78, 5) is 22.1. The quantitative estimate of drug-likeness (QED) is 0.576. The maximum atomic E-state index is 11.6. The van der Waals surface area contributed by atoms with Gasteiger partial charge in [-0.1, -0.05) is 12.8 Å². The highest BCUT2D eigenvalue weighted by Gasteiger charge is 2.20. The number of amides is 2. The summed E-state index contributed by atoms with van der Waals surface area (Å²) in [7, 11) is 0. The summed E-state index contributed by atoms with van der Waals surface area (Å²) in [5.74, 6) is -0.501. The summed E-state index contributed by atoms with van der Waals surface area (Å²) >= 11 is 0. The van der Waals surface area contributed by atoms with Gasteiger partial charge in [0.2, 0.25) is 11.8 Å². The average molecular weight is 213 g/mol. The third kappa shape index (κ3) is 4.29. The maximum absolute atomic E-state index is 11.6. The van der Waals surface area contributed by atoms with E-state index in [0.29, 0.717) is 6.04 Å². The molecule has 2 amide bonds. The highest BCUT2D eigenvalue weighted by molar-refractivity contribution is 5.83. The first-order valence-electron chi connectivity index (χ1n) is 5.41. The van der Waals surface area contributed by atoms with Gasteiger partial charge < -0.3 is 11.1 Å². The Morgan fingerprint density at radius 1 is 1.40 bits per heavy atom. The minimum absolute atomic E-state index is 0.0409. The summed E-state index contributed by atoms with van der Waals surface area (Å²) in [5, 5.41) is 5.72. The fourth-order valence-corrected chi connectivity index (χ4v) is 1.74. The molecule has 5 heteroatoms. The maximum Gasteiger partial charge on any atom is 0.237 e. The van der Waals surface area contributed by atoms with E-state index in [0.717, 1.165) is 12.8 Å². The van der Waals surface area contributed by atoms with Crippen LogP contribution in [0.4, 0.5) is 0 Å². The molecule has 0 spiro atoms. The van der Waals surface area contributed by atoms with Gasteiger partial charge in [0.05, 0.1) is 12.6 Å². The second kappa shape index (κ2) is 5.70. The van der Waals surface area contributed by atoms with Gasteiger partial charge >= 0.3 is 0 Å². The minimum atomic E-state index is -0.449. The molecule has 0 aliphatic heterocycles. The molecule has 0 aromatic rings. The normalized spacial score (nSPS) is 18.7. The van der Waals surface area contributed by atoms with Gasteiger partial charge in [0, 0.05) is 6.04 Å². The van der Waals surface area contributed by atoms with E-state index < -0.39 is 5.91 Å². The lowest BCUT2D eigenvalue weighted by atomic mass is 10.2. The van der Waals surface area contributed by atoms with E-state index in [-0.39, 0.29) is 18.5 Å². The fraction of sp³-hybridized carbons (Fsp3) is 0.800. The summed E-state index contributed by atoms with van der Waals surface area (Å²) in [6.07, 6.45) is 4.50. The van der Waals surface area contributed by atoms with Crippen LogP contribution in [-0.4, -0.2) is 30.4 Å². The first-order valence-corrected chi connectivity index (χ1v) is 5.41. The number of nitrogens with two attached hydrogens (primary N) is 1. The Labute approximate surface area is 89.8 Å². The fourth-order valence-electron chi connectivity index (χ4n) is 1.74. The van der Waals surface area contributed by atoms with Crippen molar-refractivity contribution in [3.63, 3.8) is 0 Å². The van der Waals surface area contributed by atoms with Crippen molar-refractivity contribution in [1.29, 1.82) is 0 Å². The molecule has 0 aromatic heterocycles. The first-order chi connectivity index (χ1) is 7.09. The predicted molar refractivity (Wildman–Crippen MR) is 57.1 cm³/mol. The molecule has 0 radical (unpaired) electrons. The SMILES string of the molecule is CC(NCC(N)=O)C(=O)NC1CCCC1. The molecular formula is C10H19N3O2. The Morgan fingerprint density at radius 2 is 2.00 bits per heavy atom. The highest BCUT2D eigenvalue weighted by Crippen LogP contribution is 2.17. The monoisotopic (exact) mass is 213 g/mol. The van der Waals surface area contributed by atoms with Crippen LogP contribution in [0.1, 0.15) is 32.6 Å². The van der Waals surface area contributed by atoms with Gasteiger partial charge in [-0.15, -0.1) is 0 Å². The van der Waals surface area contributed by atoms with Crippen LogP contribution in [0.2, 0.25) is 0 Å². The van der Waals surface area contributed by atoms with Crippen molar-refractivity contribution < 1.29 is 9.59 Å². The molecule has 1 fully saturated rings. The molecule has 4 N–H and O–H groups in total. The zero-order chi connectivity index (χ0) is 11.3. The van der Waals surface area contributed by atoms with Crippen molar-refractivity contribution in [3.05, 3.63) is 0 Å². The average Bonchev–Trinajstić information content (AvgIpc) is 2.66. The van der Waals surface area contributed by atoms with E-state index >= 15 is 0 Å². The Kier molecular flexibility index (Phi) is 4.55. The molecule has 1 rings (SSSR count). The summed E-state index contributed by atoms with van der Waals surface area (Å²) in [6, 6.07) is -0.0478. The van der Waals surface area contributed by atoms with Crippen molar-refractivity contribution in [2.45, 2.75) is 44.7 Å². The van der Waals surface area contributed by atoms with E-state index in [1.54, 1.807) is 6.92 Å². The second-order valence-corrected chi connectivity index (χ2v) is 4.06. The van der Waals surface area contributed by atoms with Crippen molar-refractivity contribution >= 4 is 11.8 Å². The summed E-state index contributed by atoms with van der Waals surface area (Å²) in [5.41, 5.74) is 4.97. The number of carbonyl (C=O) groups excluding carboxylic acids is 2. The van der Waals surface area contributed by atoms with Gasteiger partial charge in [0.15, 0.2) is 0 Å². The molecule has 1 atom stereocenters. The standard InChI is InChI=1S/C10H19N3O2/c1-7(12-6-9(11)14)10(15)13-8-4-2-3-5-8/h7-8,12H,2-6H2,1H3,(H2,11,14)(H,13,15). The van der Waals surface area contributed by atoms with Gasteiger partial charge in [0.1, 0.15) is 0 Å². The number of carbonyl (C=O) groups is 2. The van der Waals surface area contributed by atoms with Gasteiger partial charge in [0.25, 0.3) is 0 Å². The number of nitrogens with one attached hydrogen (secondary N) is 2. The van der Waals surface area contributed by atoms with E-state index in [2.05, 4.69) is 10.6 Å². The third-order valence-electron chi connectivity index (χ3n) is 2.68. The molecule has 86 valence electrons. The van der Waals surface area contributed by atoms with Gasteiger partial charge in [-0.2, -0.15) is 0 Å². The molecule has 0 saturated heterocycles. The van der Waals surface area contributed by atoms with Crippen molar-refractivity contribution in [3.8, 4) is 0 Å². The van der Waals surface area contributed by atoms with Gasteiger partial charge in [-0.3, -0.25) is 14.9 Å². The molecule has 1 aliphatic carbocycles. The molecule has 0 bridgehead atoms. The number of primary amides is 1. The first kappa shape index (κ1) is 12.0. The molecule has 1 unspecified atom stereocenters. The van der Waals surface area contributed by atoms with Gasteiger partial charge in [-0.25, -0.2) is 0 Å². The van der Waals surface area contributed by atoms with E-state index in [4.69, 9.17) is 5.73 Å². The molecule has 1 saturated carbocycles. The second-order valence-electron chi connectivity index (χ2n) is 4.06. The number of hydrogen-bond acceptors (Lipinski definition) is 3. The number of hydrogen-bond donors (Lipinski definition) is 3. The largest absolute Gasteiger partial charge is 0.369 e. The molecule has 1 aliphatic rings. The molecular weight excluding hydrogens is 194 g/mol. The highest BCUT2D eigenvalue weighted by atomic mass is 16.2. The lowest BCUT2D eigenvalue weighted by Crippen LogP contribution is -2.47. The predicted octanol–water partition coefficient (Wildman–Crippen LogP) is -0.491. The molecule has 0 heterocycles. The van der Waals surface area contributed by atoms with Crippen LogP contribution in [0.5, 0.6) is 0 Å². The van der Waals surface area contributed by atoms with E-state index in [1.165, 1.54) is 12.8 Å².